The van der Waals surface area contributed by atoms with Crippen LogP contribution in [0.3, 0.4) is 0 Å². The Bertz CT molecular complexity index is 161. The maximum atomic E-state index is 8.60. The van der Waals surface area contributed by atoms with Crippen molar-refractivity contribution in [3.8, 4) is 0 Å². The molecule has 0 fully saturated rings. The lowest BCUT2D eigenvalue weighted by Crippen LogP contribution is -2.66. The standard InChI is InChI=1S/C7H19N3O2.ClHO4/c1-8-7(9-2,10-3)6-12-5-4-11;2-1(3,4)5/h8-11H,4-6H2,1-3H3;(H,2,3,4,5). The van der Waals surface area contributed by atoms with Crippen molar-refractivity contribution in [3.63, 3.8) is 0 Å². The average Bonchev–Trinajstić information content (AvgIpc) is 2.23. The van der Waals surface area contributed by atoms with Gasteiger partial charge in [-0.3, -0.25) is 16.0 Å². The highest BCUT2D eigenvalue weighted by molar-refractivity contribution is 4.77. The lowest BCUT2D eigenvalue weighted by Gasteiger charge is -2.32. The molecule has 9 nitrogen and oxygen atoms in total. The molecule has 0 amide bonds. The zero-order chi connectivity index (χ0) is 13.9. The first kappa shape index (κ1) is 19.3. The molecule has 0 saturated carbocycles. The lowest BCUT2D eigenvalue weighted by atomic mass is 10.3. The minimum atomic E-state index is -4.69. The zero-order valence-electron chi connectivity index (χ0n) is 10.0. The molecule has 0 saturated heterocycles. The Morgan fingerprint density at radius 3 is 1.71 bits per heavy atom. The van der Waals surface area contributed by atoms with E-state index >= 15 is 0 Å². The second kappa shape index (κ2) is 9.91. The Morgan fingerprint density at radius 1 is 1.12 bits per heavy atom. The second-order valence-electron chi connectivity index (χ2n) is 2.83. The summed E-state index contributed by atoms with van der Waals surface area (Å²) in [6.45, 7) is 0.858. The summed E-state index contributed by atoms with van der Waals surface area (Å²) in [7, 11) is 0.792. The van der Waals surface area contributed by atoms with Crippen LogP contribution in [0.25, 0.3) is 0 Å². The molecular weight excluding hydrogens is 258 g/mol. The molecule has 0 aromatic rings. The number of nitrogens with one attached hydrogen (secondary N) is 3. The average molecular weight is 278 g/mol. The van der Waals surface area contributed by atoms with Crippen LogP contribution in [0.15, 0.2) is 0 Å². The van der Waals surface area contributed by atoms with Crippen molar-refractivity contribution >= 4 is 0 Å². The van der Waals surface area contributed by atoms with Crippen LogP contribution in [0.5, 0.6) is 0 Å². The van der Waals surface area contributed by atoms with E-state index in [2.05, 4.69) is 16.0 Å². The number of aliphatic hydroxyl groups excluding tert-OH is 1. The highest BCUT2D eigenvalue weighted by atomic mass is 35.7. The monoisotopic (exact) mass is 277 g/mol. The summed E-state index contributed by atoms with van der Waals surface area (Å²) in [5, 5.41) is 17.6. The van der Waals surface area contributed by atoms with Gasteiger partial charge in [-0.05, 0) is 21.1 Å². The molecule has 0 radical (unpaired) electrons. The van der Waals surface area contributed by atoms with Crippen molar-refractivity contribution in [1.82, 2.24) is 16.0 Å². The third-order valence-corrected chi connectivity index (χ3v) is 1.83. The second-order valence-corrected chi connectivity index (χ2v) is 3.62. The van der Waals surface area contributed by atoms with Gasteiger partial charge in [0.25, 0.3) is 0 Å². The quantitative estimate of drug-likeness (QED) is 0.226. The fraction of sp³-hybridized carbons (Fsp3) is 1.00. The first-order valence-corrected chi connectivity index (χ1v) is 5.89. The van der Waals surface area contributed by atoms with Crippen molar-refractivity contribution in [2.45, 2.75) is 5.79 Å². The first-order chi connectivity index (χ1) is 7.74. The Labute approximate surface area is 102 Å². The maximum Gasteiger partial charge on any atom is 0.147 e. The van der Waals surface area contributed by atoms with E-state index in [9.17, 15) is 0 Å². The molecule has 0 rings (SSSR count). The third-order valence-electron chi connectivity index (χ3n) is 1.83. The van der Waals surface area contributed by atoms with Crippen LogP contribution in [0, 0.1) is 10.2 Å². The number of aliphatic hydroxyl groups is 1. The van der Waals surface area contributed by atoms with Crippen LogP contribution in [0.2, 0.25) is 0 Å². The number of halogens is 1. The maximum absolute atomic E-state index is 8.60. The van der Waals surface area contributed by atoms with Crippen LogP contribution in [0.1, 0.15) is 0 Å². The number of rotatable bonds is 7. The SMILES string of the molecule is CNC(COCCO)(NC)NC.[O-][Cl+3]([O-])([O-])O. The fourth-order valence-corrected chi connectivity index (χ4v) is 0.881. The van der Waals surface area contributed by atoms with E-state index in [0.717, 1.165) is 0 Å². The largest absolute Gasteiger partial charge is 0.394 e. The first-order valence-electron chi connectivity index (χ1n) is 4.63. The lowest BCUT2D eigenvalue weighted by molar-refractivity contribution is -1.92. The summed E-state index contributed by atoms with van der Waals surface area (Å²) < 4.78 is 37.9. The summed E-state index contributed by atoms with van der Waals surface area (Å²) in [5.41, 5.74) is 0. The summed E-state index contributed by atoms with van der Waals surface area (Å²) >= 11 is 0. The van der Waals surface area contributed by atoms with Crippen molar-refractivity contribution in [3.05, 3.63) is 0 Å². The van der Waals surface area contributed by atoms with Crippen LogP contribution < -0.4 is 29.9 Å². The molecule has 0 aromatic heterocycles. The molecule has 5 N–H and O–H groups in total. The predicted octanol–water partition coefficient (Wildman–Crippen LogP) is -5.82. The Kier molecular flexibility index (Phi) is 11.2. The van der Waals surface area contributed by atoms with Gasteiger partial charge in [-0.25, -0.2) is 0 Å². The molecule has 0 aromatic carbocycles. The van der Waals surface area contributed by atoms with Crippen LogP contribution in [-0.4, -0.2) is 56.5 Å². The van der Waals surface area contributed by atoms with E-state index in [1.54, 1.807) is 0 Å². The van der Waals surface area contributed by atoms with E-state index in [-0.39, 0.29) is 6.61 Å². The van der Waals surface area contributed by atoms with E-state index in [4.69, 9.17) is 28.5 Å². The molecule has 0 spiro atoms. The number of hydrogen-bond donors (Lipinski definition) is 5. The number of hydrogen-bond acceptors (Lipinski definition) is 9. The van der Waals surface area contributed by atoms with Gasteiger partial charge in [0, 0.05) is 0 Å². The molecule has 0 bridgehead atoms. The molecule has 0 aliphatic carbocycles. The van der Waals surface area contributed by atoms with Crippen LogP contribution in [-0.2, 0) is 4.74 Å². The molecule has 10 heteroatoms. The summed E-state index contributed by atoms with van der Waals surface area (Å²) in [6.07, 6.45) is 0. The van der Waals surface area contributed by atoms with E-state index in [1.807, 2.05) is 21.1 Å². The van der Waals surface area contributed by atoms with E-state index < -0.39 is 16.0 Å². The van der Waals surface area contributed by atoms with Crippen LogP contribution >= 0.6 is 0 Å². The summed E-state index contributed by atoms with van der Waals surface area (Å²) in [5.74, 6) is -0.408. The van der Waals surface area contributed by atoms with Gasteiger partial charge in [-0.15, -0.1) is 0 Å². The normalized spacial score (nSPS) is 12.0. The highest BCUT2D eigenvalue weighted by Crippen LogP contribution is 1.92. The minimum absolute atomic E-state index is 0.0488. The van der Waals surface area contributed by atoms with Crippen molar-refractivity contribution in [1.29, 1.82) is 0 Å². The van der Waals surface area contributed by atoms with Gasteiger partial charge in [-0.1, -0.05) is 0 Å². The molecule has 0 aliphatic rings. The molecule has 17 heavy (non-hydrogen) atoms. The number of likely N-dealkylation sites (N-methyl/N-ethyl adjacent to an activating group) is 3. The van der Waals surface area contributed by atoms with Gasteiger partial charge in [0.2, 0.25) is 0 Å². The van der Waals surface area contributed by atoms with Crippen LogP contribution in [0.4, 0.5) is 0 Å². The molecule has 0 aliphatic heterocycles. The minimum Gasteiger partial charge on any atom is -0.394 e. The highest BCUT2D eigenvalue weighted by Gasteiger charge is 2.23. The molecule has 106 valence electrons. The zero-order valence-corrected chi connectivity index (χ0v) is 10.8. The Hall–Kier alpha value is -0.0700. The van der Waals surface area contributed by atoms with Crippen molar-refractivity contribution < 1.29 is 38.7 Å². The Balaban J connectivity index is 0. The van der Waals surface area contributed by atoms with E-state index in [0.29, 0.717) is 13.2 Å². The van der Waals surface area contributed by atoms with Crippen molar-refractivity contribution in [2.24, 2.45) is 0 Å². The van der Waals surface area contributed by atoms with Gasteiger partial charge in [0.15, 0.2) is 0 Å². The molecule has 0 unspecified atom stereocenters. The van der Waals surface area contributed by atoms with Gasteiger partial charge in [0.1, 0.15) is 5.79 Å². The number of ether oxygens (including phenoxy) is 1. The smallest absolute Gasteiger partial charge is 0.147 e. The van der Waals surface area contributed by atoms with Gasteiger partial charge < -0.3 is 9.84 Å². The summed E-state index contributed by atoms with van der Waals surface area (Å²) in [4.78, 5) is 0. The molecular formula is C7H20ClN3O6. The predicted molar refractivity (Wildman–Crippen MR) is 50.0 cm³/mol. The van der Waals surface area contributed by atoms with Gasteiger partial charge >= 0.3 is 0 Å². The molecule has 0 atom stereocenters. The van der Waals surface area contributed by atoms with Crippen molar-refractivity contribution in [2.75, 3.05) is 41.0 Å². The topological polar surface area (TPSA) is 155 Å². The third kappa shape index (κ3) is 13.9. The van der Waals surface area contributed by atoms with Gasteiger partial charge in [0.05, 0.1) is 34.7 Å². The van der Waals surface area contributed by atoms with E-state index in [1.165, 1.54) is 0 Å². The fourth-order valence-electron chi connectivity index (χ4n) is 0.881. The Morgan fingerprint density at radius 2 is 1.47 bits per heavy atom. The summed E-state index contributed by atoms with van der Waals surface area (Å²) in [6, 6.07) is 0. The van der Waals surface area contributed by atoms with Gasteiger partial charge in [-0.2, -0.15) is 14.0 Å². The molecule has 0 heterocycles.